The van der Waals surface area contributed by atoms with Crippen LogP contribution < -0.4 is 9.47 Å². The Balaban J connectivity index is 1.66. The fraction of sp³-hybridized carbons (Fsp3) is 0.250. The summed E-state index contributed by atoms with van der Waals surface area (Å²) in [6, 6.07) is 21.1. The third-order valence-electron chi connectivity index (χ3n) is 5.06. The van der Waals surface area contributed by atoms with E-state index in [0.717, 1.165) is 17.7 Å². The van der Waals surface area contributed by atoms with E-state index >= 15 is 0 Å². The fourth-order valence-electron chi connectivity index (χ4n) is 3.42. The molecule has 0 spiro atoms. The van der Waals surface area contributed by atoms with Crippen molar-refractivity contribution in [2.24, 2.45) is 0 Å². The van der Waals surface area contributed by atoms with Crippen LogP contribution in [0.15, 0.2) is 72.9 Å². The first kappa shape index (κ1) is 19.0. The van der Waals surface area contributed by atoms with Crippen LogP contribution >= 0.6 is 0 Å². The van der Waals surface area contributed by atoms with E-state index < -0.39 is 0 Å². The monoisotopic (exact) mass is 388 g/mol. The van der Waals surface area contributed by atoms with Crippen molar-refractivity contribution < 1.29 is 14.3 Å². The Morgan fingerprint density at radius 1 is 1.00 bits per heavy atom. The third-order valence-corrected chi connectivity index (χ3v) is 5.06. The Morgan fingerprint density at radius 3 is 2.52 bits per heavy atom. The molecule has 2 heterocycles. The van der Waals surface area contributed by atoms with Crippen LogP contribution in [-0.2, 0) is 6.54 Å². The quantitative estimate of drug-likeness (QED) is 0.639. The zero-order valence-electron chi connectivity index (χ0n) is 16.5. The Morgan fingerprint density at radius 2 is 1.76 bits per heavy atom. The Bertz CT molecular complexity index is 960. The topological polar surface area (TPSA) is 51.7 Å². The molecule has 0 radical (unpaired) electrons. The third kappa shape index (κ3) is 4.40. The number of carbonyl (C=O) groups is 1. The molecule has 1 aliphatic rings. The first-order valence-corrected chi connectivity index (χ1v) is 9.88. The van der Waals surface area contributed by atoms with Gasteiger partial charge >= 0.3 is 0 Å². The highest BCUT2D eigenvalue weighted by Crippen LogP contribution is 2.32. The van der Waals surface area contributed by atoms with E-state index in [4.69, 9.17) is 9.47 Å². The van der Waals surface area contributed by atoms with Gasteiger partial charge in [-0.2, -0.15) is 0 Å². The molecule has 5 nitrogen and oxygen atoms in total. The molecule has 0 N–H and O–H groups in total. The van der Waals surface area contributed by atoms with Crippen molar-refractivity contribution in [1.29, 1.82) is 0 Å². The molecule has 0 aliphatic carbocycles. The van der Waals surface area contributed by atoms with Crippen LogP contribution in [0.25, 0.3) is 0 Å². The van der Waals surface area contributed by atoms with Crippen LogP contribution in [0.4, 0.5) is 0 Å². The minimum absolute atomic E-state index is 0.0670. The molecule has 0 unspecified atom stereocenters. The molecule has 2 aromatic carbocycles. The summed E-state index contributed by atoms with van der Waals surface area (Å²) in [5, 5.41) is 0. The Kier molecular flexibility index (Phi) is 5.75. The molecule has 0 saturated heterocycles. The van der Waals surface area contributed by atoms with Gasteiger partial charge in [-0.15, -0.1) is 0 Å². The molecular formula is C24H24N2O3. The number of pyridine rings is 1. The average molecular weight is 388 g/mol. The minimum Gasteiger partial charge on any atom is -0.490 e. The van der Waals surface area contributed by atoms with Gasteiger partial charge in [-0.25, -0.2) is 0 Å². The van der Waals surface area contributed by atoms with Crippen LogP contribution in [0.5, 0.6) is 11.5 Å². The number of hydrogen-bond donors (Lipinski definition) is 0. The number of aromatic nitrogens is 1. The van der Waals surface area contributed by atoms with Gasteiger partial charge in [-0.3, -0.25) is 9.78 Å². The number of benzene rings is 2. The van der Waals surface area contributed by atoms with Gasteiger partial charge in [0.05, 0.1) is 31.5 Å². The summed E-state index contributed by atoms with van der Waals surface area (Å²) >= 11 is 0. The van der Waals surface area contributed by atoms with E-state index in [9.17, 15) is 4.79 Å². The molecule has 148 valence electrons. The molecular weight excluding hydrogens is 364 g/mol. The highest BCUT2D eigenvalue weighted by molar-refractivity contribution is 5.95. The van der Waals surface area contributed by atoms with Crippen LogP contribution in [0.1, 0.15) is 41.0 Å². The lowest BCUT2D eigenvalue weighted by Crippen LogP contribution is -2.33. The van der Waals surface area contributed by atoms with Crippen molar-refractivity contribution in [3.63, 3.8) is 0 Å². The van der Waals surface area contributed by atoms with E-state index in [-0.39, 0.29) is 11.9 Å². The zero-order chi connectivity index (χ0) is 20.1. The average Bonchev–Trinajstić information content (AvgIpc) is 3.03. The van der Waals surface area contributed by atoms with Gasteiger partial charge in [0, 0.05) is 18.2 Å². The molecule has 1 aliphatic heterocycles. The summed E-state index contributed by atoms with van der Waals surface area (Å²) in [6.45, 7) is 3.67. The molecule has 0 saturated carbocycles. The lowest BCUT2D eigenvalue weighted by Gasteiger charge is -2.30. The Labute approximate surface area is 170 Å². The van der Waals surface area contributed by atoms with E-state index in [1.807, 2.05) is 66.4 Å². The van der Waals surface area contributed by atoms with Crippen molar-refractivity contribution in [3.05, 3.63) is 89.7 Å². The summed E-state index contributed by atoms with van der Waals surface area (Å²) in [5.74, 6) is 1.24. The second kappa shape index (κ2) is 8.78. The molecule has 29 heavy (non-hydrogen) atoms. The molecule has 1 amide bonds. The van der Waals surface area contributed by atoms with Gasteiger partial charge in [-0.1, -0.05) is 36.4 Å². The lowest BCUT2D eigenvalue weighted by atomic mass is 10.0. The summed E-state index contributed by atoms with van der Waals surface area (Å²) in [7, 11) is 0. The number of amides is 1. The molecule has 3 aromatic rings. The van der Waals surface area contributed by atoms with Crippen molar-refractivity contribution >= 4 is 5.91 Å². The smallest absolute Gasteiger partial charge is 0.254 e. The van der Waals surface area contributed by atoms with Gasteiger partial charge < -0.3 is 14.4 Å². The first-order valence-electron chi connectivity index (χ1n) is 9.88. The van der Waals surface area contributed by atoms with Crippen molar-refractivity contribution in [2.45, 2.75) is 25.9 Å². The maximum atomic E-state index is 13.5. The Hall–Kier alpha value is -3.34. The lowest BCUT2D eigenvalue weighted by molar-refractivity contribution is 0.0671. The fourth-order valence-corrected chi connectivity index (χ4v) is 3.42. The van der Waals surface area contributed by atoms with Crippen LogP contribution in [0.2, 0.25) is 0 Å². The summed E-state index contributed by atoms with van der Waals surface area (Å²) in [5.41, 5.74) is 2.50. The van der Waals surface area contributed by atoms with Gasteiger partial charge in [0.2, 0.25) is 0 Å². The SMILES string of the molecule is C[C@@H](c1ccccc1)N(Cc1ccccn1)C(=O)c1ccc2c(c1)OCCCO2. The maximum Gasteiger partial charge on any atom is 0.254 e. The molecule has 5 heteroatoms. The second-order valence-corrected chi connectivity index (χ2v) is 7.05. The summed E-state index contributed by atoms with van der Waals surface area (Å²) in [6.07, 6.45) is 2.58. The van der Waals surface area contributed by atoms with E-state index in [1.165, 1.54) is 0 Å². The van der Waals surface area contributed by atoms with Crippen molar-refractivity contribution in [3.8, 4) is 11.5 Å². The number of carbonyl (C=O) groups excluding carboxylic acids is 1. The predicted molar refractivity (Wildman–Crippen MR) is 111 cm³/mol. The van der Waals surface area contributed by atoms with Gasteiger partial charge in [0.25, 0.3) is 5.91 Å². The highest BCUT2D eigenvalue weighted by atomic mass is 16.5. The van der Waals surface area contributed by atoms with E-state index in [2.05, 4.69) is 4.98 Å². The largest absolute Gasteiger partial charge is 0.490 e. The number of fused-ring (bicyclic) bond motifs is 1. The van der Waals surface area contributed by atoms with Crippen LogP contribution in [-0.4, -0.2) is 29.0 Å². The number of hydrogen-bond acceptors (Lipinski definition) is 4. The zero-order valence-corrected chi connectivity index (χ0v) is 16.5. The van der Waals surface area contributed by atoms with E-state index in [0.29, 0.717) is 36.8 Å². The van der Waals surface area contributed by atoms with Gasteiger partial charge in [0.15, 0.2) is 11.5 Å². The predicted octanol–water partition coefficient (Wildman–Crippen LogP) is 4.65. The van der Waals surface area contributed by atoms with Gasteiger partial charge in [-0.05, 0) is 42.8 Å². The standard InChI is InChI=1S/C24H24N2O3/c1-18(19-8-3-2-4-9-19)26(17-21-10-5-6-13-25-21)24(27)20-11-12-22-23(16-20)29-15-7-14-28-22/h2-6,8-13,16,18H,7,14-15,17H2,1H3/t18-/m0/s1. The highest BCUT2D eigenvalue weighted by Gasteiger charge is 2.25. The van der Waals surface area contributed by atoms with Crippen LogP contribution in [0, 0.1) is 0 Å². The van der Waals surface area contributed by atoms with Crippen molar-refractivity contribution in [2.75, 3.05) is 13.2 Å². The molecule has 4 rings (SSSR count). The normalized spacial score (nSPS) is 14.0. The number of rotatable bonds is 5. The van der Waals surface area contributed by atoms with E-state index in [1.54, 1.807) is 18.3 Å². The van der Waals surface area contributed by atoms with Gasteiger partial charge in [0.1, 0.15) is 0 Å². The maximum absolute atomic E-state index is 13.5. The number of nitrogens with zero attached hydrogens (tertiary/aromatic N) is 2. The summed E-state index contributed by atoms with van der Waals surface area (Å²) in [4.78, 5) is 19.8. The molecule has 0 bridgehead atoms. The van der Waals surface area contributed by atoms with Crippen molar-refractivity contribution in [1.82, 2.24) is 9.88 Å². The first-order chi connectivity index (χ1) is 14.2. The minimum atomic E-state index is -0.110. The molecule has 1 atom stereocenters. The number of ether oxygens (including phenoxy) is 2. The molecule has 0 fully saturated rings. The summed E-state index contributed by atoms with van der Waals surface area (Å²) < 4.78 is 11.5. The van der Waals surface area contributed by atoms with Crippen LogP contribution in [0.3, 0.4) is 0 Å². The molecule has 1 aromatic heterocycles. The second-order valence-electron chi connectivity index (χ2n) is 7.05.